The van der Waals surface area contributed by atoms with Gasteiger partial charge in [0.05, 0.1) is 11.9 Å². The first kappa shape index (κ1) is 16.9. The Morgan fingerprint density at radius 1 is 1.08 bits per heavy atom. The Morgan fingerprint density at radius 2 is 1.88 bits per heavy atom. The SMILES string of the molecule is Cc1cc(N(S)SF)n2ncc(-c3ccc(-c4ccccc4)nc3)c2n1. The zero-order valence-corrected chi connectivity index (χ0v) is 15.5. The molecule has 0 N–H and O–H groups in total. The van der Waals surface area contributed by atoms with Gasteiger partial charge in [-0.3, -0.25) is 4.98 Å². The Hall–Kier alpha value is -2.58. The molecule has 0 spiro atoms. The molecule has 3 aromatic heterocycles. The lowest BCUT2D eigenvalue weighted by Crippen LogP contribution is -2.06. The molecule has 0 unspecified atom stereocenters. The van der Waals surface area contributed by atoms with Gasteiger partial charge in [-0.25, -0.2) is 8.69 Å². The lowest BCUT2D eigenvalue weighted by atomic mass is 10.1. The average Bonchev–Trinajstić information content (AvgIpc) is 3.11. The molecule has 130 valence electrons. The number of aromatic nitrogens is 4. The maximum Gasteiger partial charge on any atom is 0.177 e. The topological polar surface area (TPSA) is 46.3 Å². The summed E-state index contributed by atoms with van der Waals surface area (Å²) in [5.74, 6) is 0.489. The van der Waals surface area contributed by atoms with E-state index in [4.69, 9.17) is 0 Å². The van der Waals surface area contributed by atoms with Crippen LogP contribution < -0.4 is 3.71 Å². The number of thiol groups is 1. The van der Waals surface area contributed by atoms with Crippen molar-refractivity contribution >= 4 is 36.6 Å². The summed E-state index contributed by atoms with van der Waals surface area (Å²) in [5.41, 5.74) is 5.04. The molecule has 8 heteroatoms. The number of rotatable bonds is 4. The molecule has 0 atom stereocenters. The van der Waals surface area contributed by atoms with Gasteiger partial charge < -0.3 is 0 Å². The second-order valence-electron chi connectivity index (χ2n) is 5.69. The second kappa shape index (κ2) is 6.97. The minimum Gasteiger partial charge on any atom is -0.256 e. The predicted molar refractivity (Wildman–Crippen MR) is 107 cm³/mol. The number of pyridine rings is 1. The summed E-state index contributed by atoms with van der Waals surface area (Å²) < 4.78 is 15.6. The summed E-state index contributed by atoms with van der Waals surface area (Å²) in [5, 5.41) is 4.34. The monoisotopic (exact) mass is 383 g/mol. The fourth-order valence-electron chi connectivity index (χ4n) is 2.77. The average molecular weight is 383 g/mol. The minimum absolute atomic E-state index is 0.00263. The van der Waals surface area contributed by atoms with E-state index in [1.165, 1.54) is 0 Å². The maximum absolute atomic E-state index is 13.0. The van der Waals surface area contributed by atoms with Gasteiger partial charge in [-0.15, -0.1) is 3.89 Å². The van der Waals surface area contributed by atoms with E-state index in [0.29, 0.717) is 11.5 Å². The Labute approximate surface area is 159 Å². The summed E-state index contributed by atoms with van der Waals surface area (Å²) in [6.07, 6.45) is 3.50. The second-order valence-corrected chi connectivity index (χ2v) is 6.86. The zero-order chi connectivity index (χ0) is 18.1. The van der Waals surface area contributed by atoms with Crippen LogP contribution in [0.5, 0.6) is 0 Å². The molecule has 3 heterocycles. The van der Waals surface area contributed by atoms with Crippen molar-refractivity contribution in [3.63, 3.8) is 0 Å². The van der Waals surface area contributed by atoms with Gasteiger partial charge in [0.1, 0.15) is 0 Å². The van der Waals surface area contributed by atoms with E-state index >= 15 is 0 Å². The number of benzene rings is 1. The van der Waals surface area contributed by atoms with Crippen LogP contribution in [0.4, 0.5) is 9.70 Å². The highest BCUT2D eigenvalue weighted by atomic mass is 32.2. The molecule has 4 aromatic rings. The van der Waals surface area contributed by atoms with Crippen LogP contribution in [0.1, 0.15) is 5.69 Å². The molecule has 0 saturated heterocycles. The smallest absolute Gasteiger partial charge is 0.177 e. The number of anilines is 1. The van der Waals surface area contributed by atoms with Crippen molar-refractivity contribution in [1.82, 2.24) is 19.6 Å². The van der Waals surface area contributed by atoms with Crippen molar-refractivity contribution in [3.8, 4) is 22.4 Å². The van der Waals surface area contributed by atoms with E-state index in [-0.39, 0.29) is 12.3 Å². The van der Waals surface area contributed by atoms with Crippen molar-refractivity contribution in [2.75, 3.05) is 3.71 Å². The predicted octanol–water partition coefficient (Wildman–Crippen LogP) is 4.95. The number of nitrogens with zero attached hydrogens (tertiary/aromatic N) is 5. The van der Waals surface area contributed by atoms with Gasteiger partial charge in [-0.2, -0.15) is 9.61 Å². The number of hydrogen-bond donors (Lipinski definition) is 1. The molecule has 1 aromatic carbocycles. The molecular weight excluding hydrogens is 369 g/mol. The number of fused-ring (bicyclic) bond motifs is 1. The van der Waals surface area contributed by atoms with Gasteiger partial charge in [0.15, 0.2) is 23.8 Å². The highest BCUT2D eigenvalue weighted by Crippen LogP contribution is 2.31. The lowest BCUT2D eigenvalue weighted by molar-refractivity contribution is 0.914. The van der Waals surface area contributed by atoms with E-state index in [1.54, 1.807) is 23.0 Å². The van der Waals surface area contributed by atoms with Crippen LogP contribution in [0, 0.1) is 6.92 Å². The number of aryl methyl sites for hydroxylation is 1. The van der Waals surface area contributed by atoms with Gasteiger partial charge in [-0.1, -0.05) is 49.2 Å². The molecule has 0 bridgehead atoms. The molecule has 4 rings (SSSR count). The fraction of sp³-hybridized carbons (Fsp3) is 0.0556. The molecular formula is C18H14FN5S2. The van der Waals surface area contributed by atoms with Gasteiger partial charge in [0.25, 0.3) is 0 Å². The van der Waals surface area contributed by atoms with Crippen LogP contribution in [0.3, 0.4) is 0 Å². The summed E-state index contributed by atoms with van der Waals surface area (Å²) in [6.45, 7) is 1.85. The summed E-state index contributed by atoms with van der Waals surface area (Å²) >= 11 is 4.12. The van der Waals surface area contributed by atoms with E-state index < -0.39 is 0 Å². The van der Waals surface area contributed by atoms with E-state index in [2.05, 4.69) is 27.9 Å². The zero-order valence-electron chi connectivity index (χ0n) is 13.7. The van der Waals surface area contributed by atoms with Gasteiger partial charge in [0.2, 0.25) is 0 Å². The lowest BCUT2D eigenvalue weighted by Gasteiger charge is -2.12. The van der Waals surface area contributed by atoms with Crippen LogP contribution >= 0.6 is 25.1 Å². The molecule has 0 aliphatic carbocycles. The molecule has 0 fully saturated rings. The molecule has 26 heavy (non-hydrogen) atoms. The number of halogens is 1. The van der Waals surface area contributed by atoms with Crippen molar-refractivity contribution in [3.05, 3.63) is 66.6 Å². The van der Waals surface area contributed by atoms with Crippen molar-refractivity contribution in [2.24, 2.45) is 0 Å². The number of hydrogen-bond acceptors (Lipinski definition) is 6. The first-order valence-corrected chi connectivity index (χ1v) is 8.89. The molecule has 0 saturated carbocycles. The van der Waals surface area contributed by atoms with Crippen molar-refractivity contribution in [1.29, 1.82) is 0 Å². The molecule has 0 radical (unpaired) electrons. The Bertz CT molecular complexity index is 1050. The Morgan fingerprint density at radius 3 is 2.58 bits per heavy atom. The fourth-order valence-corrected chi connectivity index (χ4v) is 3.12. The summed E-state index contributed by atoms with van der Waals surface area (Å²) in [4.78, 5) is 9.10. The maximum atomic E-state index is 13.0. The van der Waals surface area contributed by atoms with Crippen molar-refractivity contribution < 1.29 is 3.89 Å². The summed E-state index contributed by atoms with van der Waals surface area (Å²) in [7, 11) is 0. The van der Waals surface area contributed by atoms with Crippen LogP contribution in [-0.2, 0) is 0 Å². The molecule has 0 amide bonds. The Balaban J connectivity index is 1.79. The Kier molecular flexibility index (Phi) is 4.52. The third-order valence-corrected chi connectivity index (χ3v) is 4.69. The standard InChI is InChI=1S/C18H14FN5S2/c1-12-9-17(24(25)26-19)23-18(22-12)15(11-21-23)14-7-8-16(20-10-14)13-5-3-2-4-6-13/h2-11,25H,1H3. The first-order valence-electron chi connectivity index (χ1n) is 7.82. The van der Waals surface area contributed by atoms with Crippen LogP contribution in [-0.4, -0.2) is 19.6 Å². The van der Waals surface area contributed by atoms with Gasteiger partial charge in [-0.05, 0) is 13.0 Å². The van der Waals surface area contributed by atoms with E-state index in [1.807, 2.05) is 49.4 Å². The van der Waals surface area contributed by atoms with Crippen LogP contribution in [0.25, 0.3) is 28.0 Å². The summed E-state index contributed by atoms with van der Waals surface area (Å²) in [6, 6.07) is 15.6. The normalized spacial score (nSPS) is 11.0. The minimum atomic E-state index is 0.00263. The molecule has 0 aliphatic rings. The van der Waals surface area contributed by atoms with Crippen molar-refractivity contribution in [2.45, 2.75) is 6.92 Å². The van der Waals surface area contributed by atoms with Crippen LogP contribution in [0.15, 0.2) is 60.9 Å². The quantitative estimate of drug-likeness (QED) is 0.399. The first-order chi connectivity index (χ1) is 12.7. The molecule has 5 nitrogen and oxygen atoms in total. The van der Waals surface area contributed by atoms with Gasteiger partial charge in [0, 0.05) is 34.6 Å². The largest absolute Gasteiger partial charge is 0.256 e. The van der Waals surface area contributed by atoms with E-state index in [0.717, 1.165) is 31.8 Å². The van der Waals surface area contributed by atoms with Crippen LogP contribution in [0.2, 0.25) is 0 Å². The highest BCUT2D eigenvalue weighted by Gasteiger charge is 2.16. The third kappa shape index (κ3) is 3.02. The third-order valence-electron chi connectivity index (χ3n) is 3.99. The molecule has 0 aliphatic heterocycles. The van der Waals surface area contributed by atoms with E-state index in [9.17, 15) is 3.89 Å². The van der Waals surface area contributed by atoms with Gasteiger partial charge >= 0.3 is 0 Å². The highest BCUT2D eigenvalue weighted by molar-refractivity contribution is 8.08.